The molecule has 0 radical (unpaired) electrons. The van der Waals surface area contributed by atoms with Crippen LogP contribution in [0.1, 0.15) is 41.0 Å². The van der Waals surface area contributed by atoms with Gasteiger partial charge in [0.1, 0.15) is 11.4 Å². The quantitative estimate of drug-likeness (QED) is 0.486. The van der Waals surface area contributed by atoms with Crippen LogP contribution in [-0.2, 0) is 9.53 Å². The molecule has 4 nitrogen and oxygen atoms in total. The van der Waals surface area contributed by atoms with Gasteiger partial charge in [0.2, 0.25) is 0 Å². The Balaban J connectivity index is 0.00000137. The fourth-order valence-corrected chi connectivity index (χ4v) is 1.70. The minimum Gasteiger partial charge on any atom is -0.444 e. The minimum atomic E-state index is -0.483. The molecule has 1 saturated heterocycles. The summed E-state index contributed by atoms with van der Waals surface area (Å²) >= 11 is 2.15. The van der Waals surface area contributed by atoms with Crippen LogP contribution in [0.5, 0.6) is 0 Å². The highest BCUT2D eigenvalue weighted by Gasteiger charge is 2.37. The van der Waals surface area contributed by atoms with Crippen molar-refractivity contribution in [1.29, 1.82) is 0 Å². The molecule has 1 aliphatic heterocycles. The topological polar surface area (TPSA) is 46.6 Å². The van der Waals surface area contributed by atoms with Gasteiger partial charge in [0, 0.05) is 24.9 Å². The number of alkyl halides is 1. The summed E-state index contributed by atoms with van der Waals surface area (Å²) in [5, 5.41) is 0. The molecule has 0 aromatic heterocycles. The number of carbonyl (C=O) groups excluding carboxylic acids is 2. The zero-order chi connectivity index (χ0) is 14.6. The highest BCUT2D eigenvalue weighted by molar-refractivity contribution is 14.1. The minimum absolute atomic E-state index is 0.215. The molecule has 0 aromatic rings. The number of rotatable bonds is 0. The number of nitrogens with zero attached hydrogens (tertiary/aromatic N) is 1. The van der Waals surface area contributed by atoms with E-state index >= 15 is 0 Å². The van der Waals surface area contributed by atoms with E-state index in [1.54, 1.807) is 4.90 Å². The molecule has 0 aromatic carbocycles. The third kappa shape index (κ3) is 5.54. The van der Waals surface area contributed by atoms with Crippen LogP contribution in [0.15, 0.2) is 0 Å². The van der Waals surface area contributed by atoms with Gasteiger partial charge in [0.15, 0.2) is 0 Å². The standard InChI is InChI=1S/C12H21NO3.CH3I/c1-11(2,3)16-10(15)13-7-6-9(14)12(4,5)8-13;1-2/h6-8H2,1-5H3;1H3. The summed E-state index contributed by atoms with van der Waals surface area (Å²) in [6.45, 7) is 10.2. The van der Waals surface area contributed by atoms with Crippen molar-refractivity contribution in [2.45, 2.75) is 46.6 Å². The van der Waals surface area contributed by atoms with Crippen molar-refractivity contribution < 1.29 is 14.3 Å². The lowest BCUT2D eigenvalue weighted by atomic mass is 9.83. The van der Waals surface area contributed by atoms with Gasteiger partial charge in [-0.15, -0.1) is 0 Å². The predicted octanol–water partition coefficient (Wildman–Crippen LogP) is 3.27. The predicted molar refractivity (Wildman–Crippen MR) is 81.2 cm³/mol. The molecule has 0 unspecified atom stereocenters. The van der Waals surface area contributed by atoms with Gasteiger partial charge in [-0.25, -0.2) is 4.79 Å². The Morgan fingerprint density at radius 3 is 2.22 bits per heavy atom. The number of hydrogen-bond donors (Lipinski definition) is 0. The number of ether oxygens (including phenoxy) is 1. The van der Waals surface area contributed by atoms with Gasteiger partial charge in [0.05, 0.1) is 0 Å². The van der Waals surface area contributed by atoms with Crippen molar-refractivity contribution >= 4 is 34.5 Å². The largest absolute Gasteiger partial charge is 0.444 e. The van der Waals surface area contributed by atoms with Crippen LogP contribution in [0.25, 0.3) is 0 Å². The second-order valence-corrected chi connectivity index (χ2v) is 5.96. The summed E-state index contributed by atoms with van der Waals surface area (Å²) in [6.07, 6.45) is 0.0970. The number of amides is 1. The Hall–Kier alpha value is -0.330. The van der Waals surface area contributed by atoms with Crippen LogP contribution in [0, 0.1) is 5.41 Å². The van der Waals surface area contributed by atoms with Crippen LogP contribution in [0.2, 0.25) is 0 Å². The maximum atomic E-state index is 11.8. The van der Waals surface area contributed by atoms with Crippen molar-refractivity contribution in [3.05, 3.63) is 0 Å². The van der Waals surface area contributed by atoms with E-state index in [0.29, 0.717) is 19.5 Å². The highest BCUT2D eigenvalue weighted by atomic mass is 127. The Labute approximate surface area is 124 Å². The lowest BCUT2D eigenvalue weighted by molar-refractivity contribution is -0.131. The molecule has 1 fully saturated rings. The van der Waals surface area contributed by atoms with Crippen LogP contribution in [0.3, 0.4) is 0 Å². The normalized spacial score (nSPS) is 18.8. The van der Waals surface area contributed by atoms with Gasteiger partial charge in [0.25, 0.3) is 0 Å². The summed E-state index contributed by atoms with van der Waals surface area (Å²) in [5.74, 6) is 0.215. The zero-order valence-corrected chi connectivity index (χ0v) is 14.3. The van der Waals surface area contributed by atoms with Crippen LogP contribution in [0.4, 0.5) is 4.79 Å². The molecule has 1 amide bonds. The molecular formula is C13H24INO3. The number of likely N-dealkylation sites (tertiary alicyclic amines) is 1. The lowest BCUT2D eigenvalue weighted by Crippen LogP contribution is -2.49. The van der Waals surface area contributed by atoms with Gasteiger partial charge in [-0.05, 0) is 25.7 Å². The van der Waals surface area contributed by atoms with E-state index in [0.717, 1.165) is 0 Å². The molecule has 0 atom stereocenters. The van der Waals surface area contributed by atoms with Crippen LogP contribution >= 0.6 is 22.6 Å². The van der Waals surface area contributed by atoms with E-state index in [1.165, 1.54) is 0 Å². The van der Waals surface area contributed by atoms with Crippen LogP contribution in [-0.4, -0.2) is 40.4 Å². The molecule has 1 rings (SSSR count). The maximum Gasteiger partial charge on any atom is 0.410 e. The molecule has 106 valence electrons. The first-order chi connectivity index (χ1) is 8.12. The third-order valence-electron chi connectivity index (χ3n) is 2.60. The number of hydrogen-bond acceptors (Lipinski definition) is 3. The van der Waals surface area contributed by atoms with Crippen molar-refractivity contribution in [2.24, 2.45) is 5.41 Å². The van der Waals surface area contributed by atoms with Crippen molar-refractivity contribution in [1.82, 2.24) is 4.90 Å². The van der Waals surface area contributed by atoms with Gasteiger partial charge in [-0.1, -0.05) is 36.4 Å². The number of Topliss-reactive ketones (excluding diaryl/α,β-unsaturated/α-hetero) is 1. The fraction of sp³-hybridized carbons (Fsp3) is 0.846. The van der Waals surface area contributed by atoms with E-state index in [1.807, 2.05) is 39.5 Å². The number of halogens is 1. The molecule has 18 heavy (non-hydrogen) atoms. The molecule has 0 N–H and O–H groups in total. The second-order valence-electron chi connectivity index (χ2n) is 5.96. The summed E-state index contributed by atoms with van der Waals surface area (Å²) in [4.78, 5) is 27.0. The van der Waals surface area contributed by atoms with Crippen molar-refractivity contribution in [3.63, 3.8) is 0 Å². The Kier molecular flexibility index (Phi) is 6.60. The average molecular weight is 369 g/mol. The fourth-order valence-electron chi connectivity index (χ4n) is 1.70. The third-order valence-corrected chi connectivity index (χ3v) is 2.60. The number of ketones is 1. The lowest BCUT2D eigenvalue weighted by Gasteiger charge is -2.37. The summed E-state index contributed by atoms with van der Waals surface area (Å²) < 4.78 is 5.28. The molecular weight excluding hydrogens is 345 g/mol. The van der Waals surface area contributed by atoms with Gasteiger partial charge >= 0.3 is 6.09 Å². The Bertz CT molecular complexity index is 308. The SMILES string of the molecule is CC(C)(C)OC(=O)N1CCC(=O)C(C)(C)C1.CI. The van der Waals surface area contributed by atoms with Gasteiger partial charge in [-0.2, -0.15) is 0 Å². The monoisotopic (exact) mass is 369 g/mol. The molecule has 0 spiro atoms. The van der Waals surface area contributed by atoms with Crippen molar-refractivity contribution in [3.8, 4) is 0 Å². The second kappa shape index (κ2) is 6.73. The van der Waals surface area contributed by atoms with E-state index < -0.39 is 11.0 Å². The van der Waals surface area contributed by atoms with E-state index in [4.69, 9.17) is 4.74 Å². The molecule has 0 saturated carbocycles. The average Bonchev–Trinajstić information content (AvgIpc) is 2.22. The molecule has 0 aliphatic carbocycles. The zero-order valence-electron chi connectivity index (χ0n) is 12.2. The van der Waals surface area contributed by atoms with E-state index in [9.17, 15) is 9.59 Å². The number of piperidine rings is 1. The van der Waals surface area contributed by atoms with Crippen molar-refractivity contribution in [2.75, 3.05) is 18.0 Å². The Morgan fingerprint density at radius 1 is 1.33 bits per heavy atom. The van der Waals surface area contributed by atoms with Crippen LogP contribution < -0.4 is 0 Å². The van der Waals surface area contributed by atoms with Gasteiger partial charge < -0.3 is 9.64 Å². The first kappa shape index (κ1) is 17.7. The van der Waals surface area contributed by atoms with E-state index in [2.05, 4.69) is 22.6 Å². The summed E-state index contributed by atoms with van der Waals surface area (Å²) in [7, 11) is 0. The molecule has 1 aliphatic rings. The smallest absolute Gasteiger partial charge is 0.410 e. The first-order valence-electron chi connectivity index (χ1n) is 6.01. The Morgan fingerprint density at radius 2 is 1.83 bits per heavy atom. The highest BCUT2D eigenvalue weighted by Crippen LogP contribution is 2.26. The molecule has 0 bridgehead atoms. The first-order valence-corrected chi connectivity index (χ1v) is 8.17. The number of carbonyl (C=O) groups is 2. The van der Waals surface area contributed by atoms with Gasteiger partial charge in [-0.3, -0.25) is 4.79 Å². The molecule has 1 heterocycles. The summed E-state index contributed by atoms with van der Waals surface area (Å²) in [6, 6.07) is 0. The van der Waals surface area contributed by atoms with E-state index in [-0.39, 0.29) is 11.9 Å². The molecule has 5 heteroatoms. The summed E-state index contributed by atoms with van der Waals surface area (Å²) in [5.41, 5.74) is -0.933. The maximum absolute atomic E-state index is 11.8.